The first-order valence-corrected chi connectivity index (χ1v) is 5.35. The molecule has 4 heteroatoms. The average Bonchev–Trinajstić information content (AvgIpc) is 2.18. The molecule has 90 valence electrons. The molecule has 1 fully saturated rings. The van der Waals surface area contributed by atoms with Crippen molar-refractivity contribution in [2.75, 3.05) is 6.54 Å². The summed E-state index contributed by atoms with van der Waals surface area (Å²) >= 11 is 0. The van der Waals surface area contributed by atoms with Gasteiger partial charge in [-0.1, -0.05) is 51.9 Å². The maximum absolute atomic E-state index is 4.96. The average molecular weight is 208 g/mol. The van der Waals surface area contributed by atoms with E-state index in [1.165, 1.54) is 51.4 Å². The zero-order chi connectivity index (χ0) is 9.07. The number of unbranched alkanes of at least 4 members (excludes halogenated alkanes) is 1. The predicted octanol–water partition coefficient (Wildman–Crippen LogP) is 0.941. The molecule has 0 atom stereocenters. The van der Waals surface area contributed by atoms with Crippen LogP contribution in [0.15, 0.2) is 0 Å². The Morgan fingerprint density at radius 3 is 1.43 bits per heavy atom. The molecule has 0 saturated heterocycles. The van der Waals surface area contributed by atoms with Crippen LogP contribution in [-0.2, 0) is 0 Å². The molecular formula is C10H28N2O2. The number of rotatable bonds is 3. The Balaban J connectivity index is -0.000000151. The molecule has 0 amide bonds. The summed E-state index contributed by atoms with van der Waals surface area (Å²) in [7, 11) is 0. The molecule has 7 N–H and O–H groups in total. The minimum atomic E-state index is 0. The van der Waals surface area contributed by atoms with Gasteiger partial charge in [-0.25, -0.2) is 0 Å². The Labute approximate surface area is 87.8 Å². The SMILES string of the molecule is C1CCCCC1.CCCCNN.O.O. The summed E-state index contributed by atoms with van der Waals surface area (Å²) in [5.74, 6) is 4.96. The highest BCUT2D eigenvalue weighted by atomic mass is 16.0. The lowest BCUT2D eigenvalue weighted by Crippen LogP contribution is -2.22. The Bertz CT molecular complexity index is 63.0. The molecule has 1 aliphatic carbocycles. The van der Waals surface area contributed by atoms with Crippen LogP contribution in [0, 0.1) is 0 Å². The molecule has 0 aromatic heterocycles. The molecule has 4 nitrogen and oxygen atoms in total. The van der Waals surface area contributed by atoms with Crippen molar-refractivity contribution in [3.8, 4) is 0 Å². The lowest BCUT2D eigenvalue weighted by atomic mass is 10.0. The van der Waals surface area contributed by atoms with Crippen molar-refractivity contribution in [1.82, 2.24) is 5.43 Å². The maximum atomic E-state index is 4.96. The van der Waals surface area contributed by atoms with Gasteiger partial charge >= 0.3 is 0 Å². The van der Waals surface area contributed by atoms with E-state index in [-0.39, 0.29) is 11.0 Å². The standard InChI is InChI=1S/C6H12.C4H12N2.2H2O/c1-2-4-6-5-3-1;1-2-3-4-6-5;;/h1-6H2;6H,2-5H2,1H3;2*1H2. The molecule has 1 rings (SSSR count). The summed E-state index contributed by atoms with van der Waals surface area (Å²) in [6.45, 7) is 3.08. The summed E-state index contributed by atoms with van der Waals surface area (Å²) in [6.07, 6.45) is 11.4. The summed E-state index contributed by atoms with van der Waals surface area (Å²) < 4.78 is 0. The monoisotopic (exact) mass is 208 g/mol. The van der Waals surface area contributed by atoms with Gasteiger partial charge in [0.05, 0.1) is 0 Å². The number of nitrogens with two attached hydrogens (primary N) is 1. The van der Waals surface area contributed by atoms with Gasteiger partial charge in [-0.2, -0.15) is 0 Å². The molecule has 0 bridgehead atoms. The van der Waals surface area contributed by atoms with Crippen LogP contribution >= 0.6 is 0 Å². The first kappa shape index (κ1) is 19.4. The molecule has 14 heavy (non-hydrogen) atoms. The highest BCUT2D eigenvalue weighted by Crippen LogP contribution is 2.15. The van der Waals surface area contributed by atoms with Crippen LogP contribution < -0.4 is 11.3 Å². The fourth-order valence-corrected chi connectivity index (χ4v) is 1.34. The Morgan fingerprint density at radius 2 is 1.29 bits per heavy atom. The number of hydrazine groups is 1. The maximum Gasteiger partial charge on any atom is 0.00973 e. The molecule has 0 radical (unpaired) electrons. The topological polar surface area (TPSA) is 101 Å². The van der Waals surface area contributed by atoms with Crippen molar-refractivity contribution in [3.63, 3.8) is 0 Å². The molecule has 0 spiro atoms. The third-order valence-corrected chi connectivity index (χ3v) is 2.17. The van der Waals surface area contributed by atoms with Crippen LogP contribution in [0.5, 0.6) is 0 Å². The second-order valence-electron chi connectivity index (χ2n) is 3.43. The number of nitrogens with one attached hydrogen (secondary N) is 1. The van der Waals surface area contributed by atoms with Gasteiger partial charge < -0.3 is 11.0 Å². The van der Waals surface area contributed by atoms with Gasteiger partial charge in [-0.15, -0.1) is 0 Å². The predicted molar refractivity (Wildman–Crippen MR) is 62.0 cm³/mol. The quantitative estimate of drug-likeness (QED) is 0.409. The Morgan fingerprint density at radius 1 is 0.929 bits per heavy atom. The van der Waals surface area contributed by atoms with E-state index in [0.29, 0.717) is 0 Å². The molecule has 0 unspecified atom stereocenters. The number of hydrogen-bond acceptors (Lipinski definition) is 2. The second kappa shape index (κ2) is 18.6. The molecule has 0 aliphatic heterocycles. The molecule has 1 saturated carbocycles. The summed E-state index contributed by atoms with van der Waals surface area (Å²) in [5.41, 5.74) is 2.57. The van der Waals surface area contributed by atoms with E-state index in [2.05, 4.69) is 12.3 Å². The normalized spacial score (nSPS) is 14.1. The zero-order valence-electron chi connectivity index (χ0n) is 9.44. The fourth-order valence-electron chi connectivity index (χ4n) is 1.34. The minimum absolute atomic E-state index is 0. The van der Waals surface area contributed by atoms with Crippen LogP contribution in [0.4, 0.5) is 0 Å². The number of hydrogen-bond donors (Lipinski definition) is 2. The van der Waals surface area contributed by atoms with Crippen molar-refractivity contribution in [1.29, 1.82) is 0 Å². The van der Waals surface area contributed by atoms with Crippen molar-refractivity contribution in [2.45, 2.75) is 58.3 Å². The van der Waals surface area contributed by atoms with Crippen LogP contribution in [-0.4, -0.2) is 17.5 Å². The van der Waals surface area contributed by atoms with E-state index in [1.54, 1.807) is 0 Å². The van der Waals surface area contributed by atoms with Gasteiger partial charge in [-0.05, 0) is 6.42 Å². The van der Waals surface area contributed by atoms with Gasteiger partial charge in [0, 0.05) is 6.54 Å². The minimum Gasteiger partial charge on any atom is -0.412 e. The third-order valence-electron chi connectivity index (χ3n) is 2.17. The van der Waals surface area contributed by atoms with E-state index in [0.717, 1.165) is 6.54 Å². The van der Waals surface area contributed by atoms with Gasteiger partial charge in [-0.3, -0.25) is 11.3 Å². The highest BCUT2D eigenvalue weighted by molar-refractivity contribution is 4.51. The highest BCUT2D eigenvalue weighted by Gasteiger charge is 1.95. The summed E-state index contributed by atoms with van der Waals surface area (Å²) in [6, 6.07) is 0. The van der Waals surface area contributed by atoms with Gasteiger partial charge in [0.2, 0.25) is 0 Å². The lowest BCUT2D eigenvalue weighted by Gasteiger charge is -2.05. The molecule has 0 aromatic carbocycles. The second-order valence-corrected chi connectivity index (χ2v) is 3.43. The Kier molecular flexibility index (Phi) is 25.8. The van der Waals surface area contributed by atoms with Gasteiger partial charge in [0.1, 0.15) is 0 Å². The van der Waals surface area contributed by atoms with E-state index in [1.807, 2.05) is 0 Å². The molecular weight excluding hydrogens is 180 g/mol. The van der Waals surface area contributed by atoms with Crippen molar-refractivity contribution >= 4 is 0 Å². The first-order valence-electron chi connectivity index (χ1n) is 5.35. The van der Waals surface area contributed by atoms with Crippen LogP contribution in [0.1, 0.15) is 58.3 Å². The summed E-state index contributed by atoms with van der Waals surface area (Å²) in [5, 5.41) is 0. The van der Waals surface area contributed by atoms with Crippen molar-refractivity contribution in [2.24, 2.45) is 5.84 Å². The van der Waals surface area contributed by atoms with E-state index in [9.17, 15) is 0 Å². The van der Waals surface area contributed by atoms with E-state index in [4.69, 9.17) is 5.84 Å². The van der Waals surface area contributed by atoms with E-state index >= 15 is 0 Å². The Hall–Kier alpha value is -0.160. The van der Waals surface area contributed by atoms with Crippen LogP contribution in [0.2, 0.25) is 0 Å². The van der Waals surface area contributed by atoms with Gasteiger partial charge in [0.25, 0.3) is 0 Å². The molecule has 0 heterocycles. The first-order chi connectivity index (χ1) is 5.91. The fraction of sp³-hybridized carbons (Fsp3) is 1.00. The smallest absolute Gasteiger partial charge is 0.00973 e. The van der Waals surface area contributed by atoms with E-state index < -0.39 is 0 Å². The summed E-state index contributed by atoms with van der Waals surface area (Å²) in [4.78, 5) is 0. The lowest BCUT2D eigenvalue weighted by molar-refractivity contribution is 0.504. The molecule has 0 aromatic rings. The van der Waals surface area contributed by atoms with Crippen molar-refractivity contribution < 1.29 is 11.0 Å². The van der Waals surface area contributed by atoms with Crippen molar-refractivity contribution in [3.05, 3.63) is 0 Å². The van der Waals surface area contributed by atoms with Gasteiger partial charge in [0.15, 0.2) is 0 Å². The van der Waals surface area contributed by atoms with Crippen LogP contribution in [0.3, 0.4) is 0 Å². The third kappa shape index (κ3) is 17.8. The zero-order valence-corrected chi connectivity index (χ0v) is 9.44. The largest absolute Gasteiger partial charge is 0.412 e. The van der Waals surface area contributed by atoms with Crippen LogP contribution in [0.25, 0.3) is 0 Å². The molecule has 1 aliphatic rings.